The average Bonchev–Trinajstić information content (AvgIpc) is 2.40. The predicted molar refractivity (Wildman–Crippen MR) is 100.0 cm³/mol. The quantitative estimate of drug-likeness (QED) is 0.592. The van der Waals surface area contributed by atoms with Crippen LogP contribution in [0.25, 0.3) is 0 Å². The lowest BCUT2D eigenvalue weighted by Gasteiger charge is -2.25. The first-order chi connectivity index (χ1) is 11.8. The van der Waals surface area contributed by atoms with Crippen molar-refractivity contribution < 1.29 is 23.8 Å². The number of nitrogens with one attached hydrogen (secondary N) is 1. The van der Waals surface area contributed by atoms with Crippen LogP contribution in [0.5, 0.6) is 5.75 Å². The van der Waals surface area contributed by atoms with Gasteiger partial charge in [-0.15, -0.1) is 0 Å². The monoisotopic (exact) mass is 366 g/mol. The Labute approximate surface area is 155 Å². The molecule has 1 aromatic rings. The van der Waals surface area contributed by atoms with Crippen LogP contribution in [0.2, 0.25) is 0 Å². The van der Waals surface area contributed by atoms with Crippen molar-refractivity contribution in [2.24, 2.45) is 0 Å². The summed E-state index contributed by atoms with van der Waals surface area (Å²) < 4.78 is 16.2. The lowest BCUT2D eigenvalue weighted by atomic mass is 10.1. The number of carbonyl (C=O) groups excluding carboxylic acids is 2. The van der Waals surface area contributed by atoms with Crippen molar-refractivity contribution >= 4 is 17.7 Å². The van der Waals surface area contributed by atoms with Gasteiger partial charge in [0, 0.05) is 11.8 Å². The van der Waals surface area contributed by atoms with Crippen molar-refractivity contribution in [1.29, 1.82) is 0 Å². The van der Waals surface area contributed by atoms with Crippen LogP contribution in [-0.4, -0.2) is 35.9 Å². The molecule has 1 amide bonds. The molecule has 146 valence electrons. The molecule has 1 aromatic carbocycles. The number of ether oxygens (including phenoxy) is 3. The predicted octanol–water partition coefficient (Wildman–Crippen LogP) is 3.27. The lowest BCUT2D eigenvalue weighted by Crippen LogP contribution is -2.44. The SMILES string of the molecule is CC(C)(C)OC(=O)C[C@H](COc1cccc(N)c1)NC(=O)OC(C)(C)C. The topological polar surface area (TPSA) is 99.9 Å². The van der Waals surface area contributed by atoms with E-state index >= 15 is 0 Å². The number of esters is 1. The van der Waals surface area contributed by atoms with E-state index in [4.69, 9.17) is 19.9 Å². The molecule has 7 heteroatoms. The van der Waals surface area contributed by atoms with Crippen molar-refractivity contribution in [3.63, 3.8) is 0 Å². The van der Waals surface area contributed by atoms with Gasteiger partial charge in [-0.2, -0.15) is 0 Å². The molecule has 0 aromatic heterocycles. The summed E-state index contributed by atoms with van der Waals surface area (Å²) in [6, 6.07) is 6.30. The number of benzene rings is 1. The maximum atomic E-state index is 12.1. The van der Waals surface area contributed by atoms with E-state index in [1.807, 2.05) is 0 Å². The van der Waals surface area contributed by atoms with Gasteiger partial charge in [0.2, 0.25) is 0 Å². The minimum atomic E-state index is -0.644. The molecule has 0 bridgehead atoms. The first kappa shape index (κ1) is 21.6. The number of hydrogen-bond acceptors (Lipinski definition) is 6. The Hall–Kier alpha value is -2.44. The van der Waals surface area contributed by atoms with E-state index in [1.54, 1.807) is 65.8 Å². The number of nitrogen functional groups attached to an aromatic ring is 1. The average molecular weight is 366 g/mol. The number of nitrogens with two attached hydrogens (primary N) is 1. The van der Waals surface area contributed by atoms with Crippen LogP contribution in [0.3, 0.4) is 0 Å². The maximum Gasteiger partial charge on any atom is 0.408 e. The Kier molecular flexibility index (Phi) is 7.29. The van der Waals surface area contributed by atoms with Crippen molar-refractivity contribution in [2.75, 3.05) is 12.3 Å². The zero-order valence-electron chi connectivity index (χ0n) is 16.4. The molecule has 0 aliphatic heterocycles. The second kappa shape index (κ2) is 8.78. The van der Waals surface area contributed by atoms with Crippen molar-refractivity contribution in [2.45, 2.75) is 65.2 Å². The van der Waals surface area contributed by atoms with Gasteiger partial charge in [-0.1, -0.05) is 6.07 Å². The largest absolute Gasteiger partial charge is 0.491 e. The third kappa shape index (κ3) is 9.76. The van der Waals surface area contributed by atoms with Gasteiger partial charge in [-0.3, -0.25) is 4.79 Å². The molecule has 0 spiro atoms. The molecule has 0 saturated carbocycles. The first-order valence-electron chi connectivity index (χ1n) is 8.54. The molecule has 1 atom stereocenters. The fourth-order valence-electron chi connectivity index (χ4n) is 2.01. The van der Waals surface area contributed by atoms with Crippen LogP contribution in [-0.2, 0) is 14.3 Å². The number of anilines is 1. The lowest BCUT2D eigenvalue weighted by molar-refractivity contribution is -0.155. The van der Waals surface area contributed by atoms with Crippen molar-refractivity contribution in [1.82, 2.24) is 5.32 Å². The molecule has 0 radical (unpaired) electrons. The molecular formula is C19H30N2O5. The van der Waals surface area contributed by atoms with Crippen molar-refractivity contribution in [3.05, 3.63) is 24.3 Å². The molecule has 0 fully saturated rings. The summed E-state index contributed by atoms with van der Waals surface area (Å²) in [5.74, 6) is 0.111. The van der Waals surface area contributed by atoms with Crippen LogP contribution in [0.1, 0.15) is 48.0 Å². The fourth-order valence-corrected chi connectivity index (χ4v) is 2.01. The van der Waals surface area contributed by atoms with Crippen LogP contribution in [0.4, 0.5) is 10.5 Å². The highest BCUT2D eigenvalue weighted by molar-refractivity contribution is 5.73. The molecule has 0 unspecified atom stereocenters. The number of rotatable bonds is 6. The fraction of sp³-hybridized carbons (Fsp3) is 0.579. The second-order valence-electron chi connectivity index (χ2n) is 8.02. The zero-order valence-corrected chi connectivity index (χ0v) is 16.4. The molecule has 7 nitrogen and oxygen atoms in total. The van der Waals surface area contributed by atoms with E-state index in [9.17, 15) is 9.59 Å². The van der Waals surface area contributed by atoms with E-state index in [-0.39, 0.29) is 13.0 Å². The third-order valence-corrected chi connectivity index (χ3v) is 2.86. The summed E-state index contributed by atoms with van der Waals surface area (Å²) in [4.78, 5) is 24.2. The van der Waals surface area contributed by atoms with Gasteiger partial charge in [0.05, 0.1) is 12.5 Å². The van der Waals surface area contributed by atoms with Gasteiger partial charge in [0.1, 0.15) is 23.6 Å². The Balaban J connectivity index is 2.73. The number of alkyl carbamates (subject to hydrolysis) is 1. The van der Waals surface area contributed by atoms with E-state index in [0.717, 1.165) is 0 Å². The highest BCUT2D eigenvalue weighted by Crippen LogP contribution is 2.16. The highest BCUT2D eigenvalue weighted by Gasteiger charge is 2.24. The Morgan fingerprint density at radius 2 is 1.69 bits per heavy atom. The van der Waals surface area contributed by atoms with Gasteiger partial charge in [0.15, 0.2) is 0 Å². The van der Waals surface area contributed by atoms with Crippen molar-refractivity contribution in [3.8, 4) is 5.75 Å². The summed E-state index contributed by atoms with van der Waals surface area (Å²) in [7, 11) is 0. The van der Waals surface area contributed by atoms with Gasteiger partial charge >= 0.3 is 12.1 Å². The van der Waals surface area contributed by atoms with E-state index < -0.39 is 29.3 Å². The van der Waals surface area contributed by atoms with Crippen LogP contribution in [0.15, 0.2) is 24.3 Å². The number of hydrogen-bond donors (Lipinski definition) is 2. The van der Waals surface area contributed by atoms with E-state index in [0.29, 0.717) is 11.4 Å². The minimum Gasteiger partial charge on any atom is -0.491 e. The van der Waals surface area contributed by atoms with Gasteiger partial charge in [-0.25, -0.2) is 4.79 Å². The minimum absolute atomic E-state index is 0.0428. The Morgan fingerprint density at radius 1 is 1.08 bits per heavy atom. The molecule has 0 saturated heterocycles. The van der Waals surface area contributed by atoms with Crippen LogP contribution in [0, 0.1) is 0 Å². The van der Waals surface area contributed by atoms with Gasteiger partial charge < -0.3 is 25.3 Å². The first-order valence-corrected chi connectivity index (χ1v) is 8.54. The number of amides is 1. The summed E-state index contributed by atoms with van der Waals surface area (Å²) in [5.41, 5.74) is 5.03. The Morgan fingerprint density at radius 3 is 2.23 bits per heavy atom. The van der Waals surface area contributed by atoms with E-state index in [2.05, 4.69) is 5.32 Å². The van der Waals surface area contributed by atoms with Crippen LogP contribution < -0.4 is 15.8 Å². The summed E-state index contributed by atoms with van der Waals surface area (Å²) >= 11 is 0. The number of carbonyl (C=O) groups is 2. The molecule has 0 aliphatic rings. The second-order valence-corrected chi connectivity index (χ2v) is 8.02. The molecule has 0 aliphatic carbocycles. The van der Waals surface area contributed by atoms with Gasteiger partial charge in [-0.05, 0) is 53.7 Å². The normalized spacial score (nSPS) is 12.8. The maximum absolute atomic E-state index is 12.1. The summed E-state index contributed by atoms with van der Waals surface area (Å²) in [5, 5.41) is 2.66. The molecule has 0 heterocycles. The molecule has 26 heavy (non-hydrogen) atoms. The standard InChI is InChI=1S/C19H30N2O5/c1-18(2,3)25-16(22)11-14(21-17(23)26-19(4,5)6)12-24-15-9-7-8-13(20)10-15/h7-10,14H,11-12,20H2,1-6H3,(H,21,23)/t14-/m1/s1. The summed E-state index contributed by atoms with van der Waals surface area (Å²) in [6.07, 6.45) is -0.666. The molecule has 1 rings (SSSR count). The van der Waals surface area contributed by atoms with E-state index in [1.165, 1.54) is 0 Å². The smallest absolute Gasteiger partial charge is 0.408 e. The van der Waals surface area contributed by atoms with Crippen LogP contribution >= 0.6 is 0 Å². The molecule has 3 N–H and O–H groups in total. The van der Waals surface area contributed by atoms with Gasteiger partial charge in [0.25, 0.3) is 0 Å². The highest BCUT2D eigenvalue weighted by atomic mass is 16.6. The Bertz CT molecular complexity index is 587. The third-order valence-electron chi connectivity index (χ3n) is 2.86. The summed E-state index contributed by atoms with van der Waals surface area (Å²) in [6.45, 7) is 10.7. The molecular weight excluding hydrogens is 336 g/mol. The zero-order chi connectivity index (χ0) is 20.0.